The molecule has 1 aliphatic rings. The molecule has 0 unspecified atom stereocenters. The minimum Gasteiger partial charge on any atom is -0.207 e. The summed E-state index contributed by atoms with van der Waals surface area (Å²) < 4.78 is 28.1. The molecule has 0 radical (unpaired) electrons. The summed E-state index contributed by atoms with van der Waals surface area (Å²) in [7, 11) is -3.46. The average Bonchev–Trinajstić information content (AvgIpc) is 2.92. The predicted octanol–water partition coefficient (Wildman–Crippen LogP) is 3.41. The lowest BCUT2D eigenvalue weighted by molar-refractivity contribution is 0.398. The number of hydrogen-bond acceptors (Lipinski definition) is 2. The van der Waals surface area contributed by atoms with Gasteiger partial charge in [0.25, 0.3) is 0 Å². The molecule has 1 aliphatic carbocycles. The lowest BCUT2D eigenvalue weighted by atomic mass is 9.97. The van der Waals surface area contributed by atoms with Crippen LogP contribution in [0.25, 0.3) is 0 Å². The molecule has 2 rings (SSSR count). The van der Waals surface area contributed by atoms with Gasteiger partial charge in [-0.15, -0.1) is 0 Å². The van der Waals surface area contributed by atoms with E-state index in [2.05, 4.69) is 20.7 Å². The number of alkyl halides is 1. The minimum absolute atomic E-state index is 0.394. The van der Waals surface area contributed by atoms with Gasteiger partial charge in [0.15, 0.2) is 0 Å². The summed E-state index contributed by atoms with van der Waals surface area (Å²) in [6.07, 6.45) is 4.71. The molecule has 0 fully saturated rings. The normalized spacial score (nSPS) is 15.3. The second-order valence-electron chi connectivity index (χ2n) is 5.51. The highest BCUT2D eigenvalue weighted by Gasteiger charge is 2.31. The van der Waals surface area contributed by atoms with Gasteiger partial charge in [0.05, 0.1) is 4.90 Å². The first-order valence-corrected chi connectivity index (χ1v) is 9.78. The maximum atomic E-state index is 12.6. The first-order valence-electron chi connectivity index (χ1n) is 7.18. The third-order valence-electron chi connectivity index (χ3n) is 4.34. The Morgan fingerprint density at radius 3 is 2.45 bits per heavy atom. The number of hydrogen-bond donors (Lipinski definition) is 1. The van der Waals surface area contributed by atoms with E-state index in [9.17, 15) is 8.42 Å². The summed E-state index contributed by atoms with van der Waals surface area (Å²) in [4.78, 5) is 0.394. The van der Waals surface area contributed by atoms with Gasteiger partial charge in [-0.25, -0.2) is 13.1 Å². The van der Waals surface area contributed by atoms with E-state index >= 15 is 0 Å². The smallest absolute Gasteiger partial charge is 0.207 e. The van der Waals surface area contributed by atoms with Gasteiger partial charge in [-0.2, -0.15) is 0 Å². The Morgan fingerprint density at radius 2 is 1.85 bits per heavy atom. The van der Waals surface area contributed by atoms with Crippen LogP contribution in [0.3, 0.4) is 0 Å². The Balaban J connectivity index is 2.31. The first-order chi connectivity index (χ1) is 9.46. The molecule has 112 valence electrons. The Bertz CT molecular complexity index is 571. The molecule has 0 aromatic heterocycles. The summed E-state index contributed by atoms with van der Waals surface area (Å²) in [6, 6.07) is 5.54. The second kappa shape index (κ2) is 6.16. The Morgan fingerprint density at radius 1 is 1.20 bits per heavy atom. The number of fused-ring (bicyclic) bond motifs is 1. The van der Waals surface area contributed by atoms with E-state index in [1.54, 1.807) is 6.07 Å². The molecular weight excluding hydrogens is 338 g/mol. The van der Waals surface area contributed by atoms with E-state index in [1.807, 2.05) is 26.0 Å². The molecule has 0 saturated heterocycles. The van der Waals surface area contributed by atoms with Crippen molar-refractivity contribution in [2.24, 2.45) is 0 Å². The molecule has 0 spiro atoms. The van der Waals surface area contributed by atoms with Crippen LogP contribution in [0.1, 0.15) is 44.2 Å². The van der Waals surface area contributed by atoms with Crippen LogP contribution in [0.15, 0.2) is 23.1 Å². The summed E-state index contributed by atoms with van der Waals surface area (Å²) >= 11 is 3.44. The lowest BCUT2D eigenvalue weighted by Crippen LogP contribution is -2.48. The van der Waals surface area contributed by atoms with Crippen molar-refractivity contribution in [2.75, 3.05) is 5.33 Å². The van der Waals surface area contributed by atoms with Gasteiger partial charge in [-0.3, -0.25) is 0 Å². The quantitative estimate of drug-likeness (QED) is 0.791. The molecule has 5 heteroatoms. The number of rotatable bonds is 6. The van der Waals surface area contributed by atoms with E-state index < -0.39 is 15.6 Å². The van der Waals surface area contributed by atoms with Crippen LogP contribution in [0.5, 0.6) is 0 Å². The SMILES string of the molecule is CCC(CC)(CBr)NS(=O)(=O)c1ccc2c(c1)CCC2. The van der Waals surface area contributed by atoms with Gasteiger partial charge in [0.2, 0.25) is 10.0 Å². The van der Waals surface area contributed by atoms with Crippen molar-refractivity contribution in [1.29, 1.82) is 0 Å². The zero-order valence-electron chi connectivity index (χ0n) is 12.1. The van der Waals surface area contributed by atoms with Crippen molar-refractivity contribution in [1.82, 2.24) is 4.72 Å². The molecule has 3 nitrogen and oxygen atoms in total. The zero-order chi connectivity index (χ0) is 14.8. The Kier molecular flexibility index (Phi) is 4.92. The fraction of sp³-hybridized carbons (Fsp3) is 0.600. The third-order valence-corrected chi connectivity index (χ3v) is 6.99. The molecule has 20 heavy (non-hydrogen) atoms. The van der Waals surface area contributed by atoms with Gasteiger partial charge < -0.3 is 0 Å². The number of aryl methyl sites for hydroxylation is 2. The number of benzene rings is 1. The highest BCUT2D eigenvalue weighted by Crippen LogP contribution is 2.26. The highest BCUT2D eigenvalue weighted by molar-refractivity contribution is 9.09. The van der Waals surface area contributed by atoms with E-state index in [-0.39, 0.29) is 0 Å². The van der Waals surface area contributed by atoms with Crippen molar-refractivity contribution in [3.8, 4) is 0 Å². The van der Waals surface area contributed by atoms with Crippen molar-refractivity contribution in [3.05, 3.63) is 29.3 Å². The monoisotopic (exact) mass is 359 g/mol. The van der Waals surface area contributed by atoms with Gasteiger partial charge in [0, 0.05) is 10.9 Å². The molecule has 1 aromatic rings. The molecule has 0 atom stereocenters. The predicted molar refractivity (Wildman–Crippen MR) is 85.9 cm³/mol. The maximum Gasteiger partial charge on any atom is 0.241 e. The fourth-order valence-corrected chi connectivity index (χ4v) is 5.38. The molecule has 0 heterocycles. The number of halogens is 1. The lowest BCUT2D eigenvalue weighted by Gasteiger charge is -2.30. The third kappa shape index (κ3) is 3.10. The molecular formula is C15H22BrNO2S. The summed E-state index contributed by atoms with van der Waals surface area (Å²) in [6.45, 7) is 4.02. The van der Waals surface area contributed by atoms with Crippen LogP contribution in [-0.2, 0) is 22.9 Å². The van der Waals surface area contributed by atoms with Crippen molar-refractivity contribution >= 4 is 26.0 Å². The first kappa shape index (κ1) is 16.0. The Labute approximate surface area is 130 Å². The van der Waals surface area contributed by atoms with E-state index in [0.717, 1.165) is 32.1 Å². The summed E-state index contributed by atoms with van der Waals surface area (Å²) in [5.41, 5.74) is 2.07. The molecule has 0 saturated carbocycles. The van der Waals surface area contributed by atoms with Crippen LogP contribution in [-0.4, -0.2) is 19.3 Å². The topological polar surface area (TPSA) is 46.2 Å². The summed E-state index contributed by atoms with van der Waals surface area (Å²) in [5.74, 6) is 0. The van der Waals surface area contributed by atoms with Gasteiger partial charge in [0.1, 0.15) is 0 Å². The Hall–Kier alpha value is -0.390. The maximum absolute atomic E-state index is 12.6. The summed E-state index contributed by atoms with van der Waals surface area (Å²) in [5, 5.41) is 0.622. The van der Waals surface area contributed by atoms with Crippen molar-refractivity contribution in [3.63, 3.8) is 0 Å². The van der Waals surface area contributed by atoms with Crippen molar-refractivity contribution < 1.29 is 8.42 Å². The van der Waals surface area contributed by atoms with Gasteiger partial charge in [-0.05, 0) is 55.4 Å². The average molecular weight is 360 g/mol. The largest absolute Gasteiger partial charge is 0.241 e. The molecule has 1 N–H and O–H groups in total. The van der Waals surface area contributed by atoms with Crippen LogP contribution < -0.4 is 4.72 Å². The fourth-order valence-electron chi connectivity index (χ4n) is 2.67. The van der Waals surface area contributed by atoms with Crippen LogP contribution in [0.4, 0.5) is 0 Å². The molecule has 0 aliphatic heterocycles. The number of nitrogens with one attached hydrogen (secondary N) is 1. The van der Waals surface area contributed by atoms with E-state index in [0.29, 0.717) is 10.2 Å². The number of sulfonamides is 1. The standard InChI is InChI=1S/C15H22BrNO2S/c1-3-15(4-2,11-16)17-20(18,19)14-9-8-12-6-5-7-13(12)10-14/h8-10,17H,3-7,11H2,1-2H3. The van der Waals surface area contributed by atoms with E-state index in [4.69, 9.17) is 0 Å². The molecule has 0 amide bonds. The van der Waals surface area contributed by atoms with Crippen molar-refractivity contribution in [2.45, 2.75) is 56.4 Å². The second-order valence-corrected chi connectivity index (χ2v) is 7.75. The molecule has 1 aromatic carbocycles. The molecule has 0 bridgehead atoms. The van der Waals surface area contributed by atoms with E-state index in [1.165, 1.54) is 11.1 Å². The van der Waals surface area contributed by atoms with Gasteiger partial charge >= 0.3 is 0 Å². The zero-order valence-corrected chi connectivity index (χ0v) is 14.5. The highest BCUT2D eigenvalue weighted by atomic mass is 79.9. The van der Waals surface area contributed by atoms with Crippen LogP contribution >= 0.6 is 15.9 Å². The van der Waals surface area contributed by atoms with Crippen LogP contribution in [0, 0.1) is 0 Å². The van der Waals surface area contributed by atoms with Gasteiger partial charge in [-0.1, -0.05) is 35.8 Å². The minimum atomic E-state index is -3.46. The van der Waals surface area contributed by atoms with Crippen LogP contribution in [0.2, 0.25) is 0 Å².